The van der Waals surface area contributed by atoms with Gasteiger partial charge in [0.15, 0.2) is 0 Å². The Morgan fingerprint density at radius 3 is 2.46 bits per heavy atom. The Morgan fingerprint density at radius 1 is 1.18 bits per heavy atom. The molecule has 1 saturated heterocycles. The molecule has 1 aromatic carbocycles. The summed E-state index contributed by atoms with van der Waals surface area (Å²) in [5.74, 6) is 1.23. The number of fused-ring (bicyclic) bond motifs is 1. The van der Waals surface area contributed by atoms with Gasteiger partial charge < -0.3 is 29.4 Å². The minimum absolute atomic E-state index is 0.000111. The topological polar surface area (TPSA) is 76.6 Å². The van der Waals surface area contributed by atoms with E-state index in [-0.39, 0.29) is 29.2 Å². The fourth-order valence-corrected chi connectivity index (χ4v) is 6.64. The number of hydrogen-bond donors (Lipinski definition) is 1. The highest BCUT2D eigenvalue weighted by molar-refractivity contribution is 6.20. The average Bonchev–Trinajstić information content (AvgIpc) is 2.94. The van der Waals surface area contributed by atoms with Gasteiger partial charge in [-0.3, -0.25) is 9.59 Å². The summed E-state index contributed by atoms with van der Waals surface area (Å²) >= 11 is 6.61. The van der Waals surface area contributed by atoms with Crippen LogP contribution < -0.4 is 4.74 Å². The molecule has 3 aliphatic rings. The molecular weight excluding hydrogens is 516 g/mol. The molecule has 2 aliphatic heterocycles. The van der Waals surface area contributed by atoms with Crippen LogP contribution in [0.15, 0.2) is 47.9 Å². The summed E-state index contributed by atoms with van der Waals surface area (Å²) in [6.07, 6.45) is 6.29. The number of hydrogen-bond acceptors (Lipinski definition) is 6. The maximum atomic E-state index is 13.9. The molecular formula is C30H43ClN4O4. The van der Waals surface area contributed by atoms with Crippen molar-refractivity contribution in [3.63, 3.8) is 0 Å². The molecule has 214 valence electrons. The molecule has 1 saturated carbocycles. The molecule has 1 aliphatic carbocycles. The molecule has 39 heavy (non-hydrogen) atoms. The van der Waals surface area contributed by atoms with Crippen molar-refractivity contribution >= 4 is 23.4 Å². The summed E-state index contributed by atoms with van der Waals surface area (Å²) in [5.41, 5.74) is 2.22. The van der Waals surface area contributed by atoms with Crippen LogP contribution in [0.25, 0.3) is 0 Å². The second kappa shape index (κ2) is 13.1. The van der Waals surface area contributed by atoms with E-state index in [1.54, 1.807) is 37.5 Å². The zero-order valence-electron chi connectivity index (χ0n) is 23.7. The van der Waals surface area contributed by atoms with E-state index in [1.165, 1.54) is 0 Å². The van der Waals surface area contributed by atoms with E-state index in [0.29, 0.717) is 49.8 Å². The van der Waals surface area contributed by atoms with E-state index in [1.807, 2.05) is 23.9 Å². The highest BCUT2D eigenvalue weighted by Crippen LogP contribution is 2.45. The van der Waals surface area contributed by atoms with Crippen LogP contribution in [0.1, 0.15) is 43.0 Å². The van der Waals surface area contributed by atoms with Crippen molar-refractivity contribution in [3.8, 4) is 5.75 Å². The molecule has 1 N–H and O–H groups in total. The van der Waals surface area contributed by atoms with Crippen molar-refractivity contribution in [2.45, 2.75) is 44.0 Å². The van der Waals surface area contributed by atoms with E-state index in [0.717, 1.165) is 49.9 Å². The van der Waals surface area contributed by atoms with Gasteiger partial charge in [-0.2, -0.15) is 0 Å². The number of rotatable bonds is 9. The van der Waals surface area contributed by atoms with E-state index in [4.69, 9.17) is 16.3 Å². The molecule has 0 aromatic heterocycles. The van der Waals surface area contributed by atoms with Crippen LogP contribution in [-0.4, -0.2) is 108 Å². The first-order valence-electron chi connectivity index (χ1n) is 14.1. The van der Waals surface area contributed by atoms with E-state index in [2.05, 4.69) is 16.7 Å². The quantitative estimate of drug-likeness (QED) is 0.365. The van der Waals surface area contributed by atoms with Gasteiger partial charge in [0, 0.05) is 61.3 Å². The van der Waals surface area contributed by atoms with Gasteiger partial charge in [0.25, 0.3) is 11.8 Å². The highest BCUT2D eigenvalue weighted by Gasteiger charge is 2.46. The molecule has 2 fully saturated rings. The Kier molecular flexibility index (Phi) is 9.83. The lowest BCUT2D eigenvalue weighted by molar-refractivity contribution is -0.133. The Morgan fingerprint density at radius 2 is 1.87 bits per heavy atom. The monoisotopic (exact) mass is 558 g/mol. The van der Waals surface area contributed by atoms with Crippen molar-refractivity contribution in [2.75, 3.05) is 60.5 Å². The van der Waals surface area contributed by atoms with Gasteiger partial charge >= 0.3 is 0 Å². The maximum Gasteiger partial charge on any atom is 0.256 e. The van der Waals surface area contributed by atoms with Gasteiger partial charge in [0.1, 0.15) is 5.75 Å². The number of nitrogens with zero attached hydrogens (tertiary/aromatic N) is 4. The maximum absolute atomic E-state index is 13.9. The number of halogens is 1. The van der Waals surface area contributed by atoms with Crippen LogP contribution in [0.5, 0.6) is 5.75 Å². The van der Waals surface area contributed by atoms with E-state index < -0.39 is 0 Å². The van der Waals surface area contributed by atoms with Crippen molar-refractivity contribution in [3.05, 3.63) is 53.4 Å². The number of alkyl halides is 1. The van der Waals surface area contributed by atoms with Gasteiger partial charge in [-0.05, 0) is 89.5 Å². The first-order chi connectivity index (χ1) is 18.7. The second-order valence-electron chi connectivity index (χ2n) is 11.2. The Labute approximate surface area is 237 Å². The summed E-state index contributed by atoms with van der Waals surface area (Å²) in [5, 5.41) is 9.87. The van der Waals surface area contributed by atoms with Crippen LogP contribution in [0.2, 0.25) is 0 Å². The molecule has 4 atom stereocenters. The van der Waals surface area contributed by atoms with Crippen LogP contribution in [-0.2, 0) is 4.79 Å². The standard InChI is InChI=1S/C30H43ClN4O4/c1-21(31)23-8-11-27-26(20-23)28(25(12-19-36)30(38)35(27)14-5-13-32(2)3)33-15-17-34(18-16-33)29(37)22-6-9-24(39-4)10-7-22/h6-7,9-10,12,19,21,23,26-27,36H,5,8,11,13-18,20H2,1-4H3/b19-12+/t21?,23-,26?,27?/m0/s1. The summed E-state index contributed by atoms with van der Waals surface area (Å²) in [6, 6.07) is 7.32. The van der Waals surface area contributed by atoms with Crippen LogP contribution in [0.4, 0.5) is 0 Å². The van der Waals surface area contributed by atoms with Crippen molar-refractivity contribution in [2.24, 2.45) is 11.8 Å². The number of ether oxygens (including phenoxy) is 1. The lowest BCUT2D eigenvalue weighted by atomic mass is 9.71. The minimum Gasteiger partial charge on any atom is -0.516 e. The molecule has 1 aromatic rings. The number of benzene rings is 1. The zero-order chi connectivity index (χ0) is 28.1. The third kappa shape index (κ3) is 6.55. The number of carbonyl (C=O) groups excluding carboxylic acids is 2. The first-order valence-corrected chi connectivity index (χ1v) is 14.5. The summed E-state index contributed by atoms with van der Waals surface area (Å²) < 4.78 is 5.22. The number of piperazine rings is 1. The number of aliphatic hydroxyl groups excluding tert-OH is 1. The predicted molar refractivity (Wildman–Crippen MR) is 154 cm³/mol. The van der Waals surface area contributed by atoms with Gasteiger partial charge in [-0.15, -0.1) is 11.6 Å². The summed E-state index contributed by atoms with van der Waals surface area (Å²) in [4.78, 5) is 35.4. The zero-order valence-corrected chi connectivity index (χ0v) is 24.4. The molecule has 0 radical (unpaired) electrons. The van der Waals surface area contributed by atoms with Crippen molar-refractivity contribution < 1.29 is 19.4 Å². The molecule has 2 heterocycles. The predicted octanol–water partition coefficient (Wildman–Crippen LogP) is 3.98. The number of carbonyl (C=O) groups is 2. The summed E-state index contributed by atoms with van der Waals surface area (Å²) in [7, 11) is 5.70. The molecule has 0 bridgehead atoms. The van der Waals surface area contributed by atoms with E-state index >= 15 is 0 Å². The molecule has 0 spiro atoms. The van der Waals surface area contributed by atoms with Gasteiger partial charge in [0.05, 0.1) is 18.9 Å². The lowest BCUT2D eigenvalue weighted by Crippen LogP contribution is -2.57. The van der Waals surface area contributed by atoms with Crippen molar-refractivity contribution in [1.29, 1.82) is 0 Å². The number of methoxy groups -OCH3 is 1. The van der Waals surface area contributed by atoms with Crippen LogP contribution in [0.3, 0.4) is 0 Å². The lowest BCUT2D eigenvalue weighted by Gasteiger charge is -2.51. The average molecular weight is 559 g/mol. The fourth-order valence-electron chi connectivity index (χ4n) is 6.41. The Hall–Kier alpha value is -2.71. The molecule has 8 nitrogen and oxygen atoms in total. The first kappa shape index (κ1) is 29.3. The van der Waals surface area contributed by atoms with Gasteiger partial charge in [-0.1, -0.05) is 0 Å². The Bertz CT molecular complexity index is 1060. The fraction of sp³-hybridized carbons (Fsp3) is 0.600. The highest BCUT2D eigenvalue weighted by atomic mass is 35.5. The number of aliphatic hydroxyl groups is 1. The van der Waals surface area contributed by atoms with Gasteiger partial charge in [0.2, 0.25) is 0 Å². The largest absolute Gasteiger partial charge is 0.516 e. The second-order valence-corrected chi connectivity index (χ2v) is 11.9. The summed E-state index contributed by atoms with van der Waals surface area (Å²) in [6.45, 7) is 6.08. The minimum atomic E-state index is -0.00980. The van der Waals surface area contributed by atoms with E-state index in [9.17, 15) is 14.7 Å². The number of amides is 2. The van der Waals surface area contributed by atoms with Gasteiger partial charge in [-0.25, -0.2) is 0 Å². The van der Waals surface area contributed by atoms with Crippen molar-refractivity contribution in [1.82, 2.24) is 19.6 Å². The third-order valence-electron chi connectivity index (χ3n) is 8.51. The normalized spacial score (nSPS) is 24.9. The molecule has 9 heteroatoms. The van der Waals surface area contributed by atoms with Crippen LogP contribution in [0, 0.1) is 11.8 Å². The molecule has 4 rings (SSSR count). The molecule has 2 amide bonds. The van der Waals surface area contributed by atoms with Crippen LogP contribution >= 0.6 is 11.6 Å². The smallest absolute Gasteiger partial charge is 0.256 e. The SMILES string of the molecule is COc1ccc(C(=O)N2CCN(C3=C(/C=C/O)C(=O)N(CCCN(C)C)C4CC[C@H](C(C)Cl)CC34)CC2)cc1. The third-order valence-corrected chi connectivity index (χ3v) is 8.87. The molecule has 3 unspecified atom stereocenters. The Balaban J connectivity index is 1.58.